The summed E-state index contributed by atoms with van der Waals surface area (Å²) < 4.78 is 20.3. The number of rotatable bonds is 4. The third-order valence-corrected chi connectivity index (χ3v) is 5.02. The summed E-state index contributed by atoms with van der Waals surface area (Å²) in [5.74, 6) is 0.205. The van der Waals surface area contributed by atoms with Gasteiger partial charge in [-0.05, 0) is 50.3 Å². The monoisotopic (exact) mass is 292 g/mol. The van der Waals surface area contributed by atoms with Crippen LogP contribution in [0.5, 0.6) is 0 Å². The quantitative estimate of drug-likeness (QED) is 0.920. The molecule has 0 amide bonds. The number of hydrogen-bond donors (Lipinski definition) is 1. The molecule has 0 aromatic carbocycles. The van der Waals surface area contributed by atoms with E-state index < -0.39 is 0 Å². The number of nitrogens with zero attached hydrogens (tertiary/aromatic N) is 1. The van der Waals surface area contributed by atoms with Gasteiger partial charge >= 0.3 is 0 Å². The number of aromatic nitrogens is 1. The first-order chi connectivity index (χ1) is 10.2. The van der Waals surface area contributed by atoms with Gasteiger partial charge in [-0.25, -0.2) is 4.39 Å². The second-order valence-electron chi connectivity index (χ2n) is 6.40. The van der Waals surface area contributed by atoms with Crippen molar-refractivity contribution in [3.63, 3.8) is 0 Å². The second-order valence-corrected chi connectivity index (χ2v) is 6.40. The molecule has 1 aliphatic carbocycles. The number of ether oxygens (including phenoxy) is 1. The maximum Gasteiger partial charge on any atom is 0.146 e. The molecule has 2 heterocycles. The zero-order valence-electron chi connectivity index (χ0n) is 12.8. The average molecular weight is 292 g/mol. The molecule has 1 N–H and O–H groups in total. The molecule has 2 unspecified atom stereocenters. The molecule has 1 aliphatic heterocycles. The van der Waals surface area contributed by atoms with Crippen LogP contribution in [0.15, 0.2) is 18.3 Å². The van der Waals surface area contributed by atoms with E-state index in [1.807, 2.05) is 0 Å². The van der Waals surface area contributed by atoms with Gasteiger partial charge in [-0.1, -0.05) is 19.8 Å². The zero-order valence-corrected chi connectivity index (χ0v) is 12.8. The molecule has 1 saturated heterocycles. The van der Waals surface area contributed by atoms with Gasteiger partial charge in [-0.3, -0.25) is 4.98 Å². The third kappa shape index (κ3) is 3.11. The Morgan fingerprint density at radius 2 is 2.29 bits per heavy atom. The van der Waals surface area contributed by atoms with Gasteiger partial charge in [0.25, 0.3) is 0 Å². The molecule has 1 saturated carbocycles. The molecule has 2 atom stereocenters. The van der Waals surface area contributed by atoms with E-state index in [0.717, 1.165) is 38.8 Å². The molecule has 3 rings (SSSR count). The molecular formula is C17H25FN2O. The maximum atomic E-state index is 14.2. The first-order valence-corrected chi connectivity index (χ1v) is 8.22. The first-order valence-electron chi connectivity index (χ1n) is 8.22. The molecule has 1 aromatic heterocycles. The Morgan fingerprint density at radius 3 is 3.00 bits per heavy atom. The van der Waals surface area contributed by atoms with Gasteiger partial charge in [0.15, 0.2) is 0 Å². The van der Waals surface area contributed by atoms with Crippen LogP contribution in [-0.2, 0) is 4.74 Å². The summed E-state index contributed by atoms with van der Waals surface area (Å²) in [6.07, 6.45) is 8.54. The SMILES string of the molecule is CCNC(c1ncccc1F)C1CCOC2(CCCC2)C1. The molecule has 3 nitrogen and oxygen atoms in total. The van der Waals surface area contributed by atoms with Crippen molar-refractivity contribution in [2.45, 2.75) is 57.1 Å². The van der Waals surface area contributed by atoms with Crippen LogP contribution in [0, 0.1) is 11.7 Å². The van der Waals surface area contributed by atoms with E-state index in [1.54, 1.807) is 12.3 Å². The van der Waals surface area contributed by atoms with E-state index in [0.29, 0.717) is 11.6 Å². The van der Waals surface area contributed by atoms with Crippen molar-refractivity contribution in [3.8, 4) is 0 Å². The maximum absolute atomic E-state index is 14.2. The fourth-order valence-corrected chi connectivity index (χ4v) is 4.05. The predicted molar refractivity (Wildman–Crippen MR) is 80.5 cm³/mol. The minimum Gasteiger partial charge on any atom is -0.375 e. The Morgan fingerprint density at radius 1 is 1.48 bits per heavy atom. The van der Waals surface area contributed by atoms with Crippen LogP contribution in [0.3, 0.4) is 0 Å². The van der Waals surface area contributed by atoms with Gasteiger partial charge in [0.05, 0.1) is 17.3 Å². The smallest absolute Gasteiger partial charge is 0.146 e. The molecule has 0 radical (unpaired) electrons. The van der Waals surface area contributed by atoms with Crippen LogP contribution < -0.4 is 5.32 Å². The van der Waals surface area contributed by atoms with Crippen molar-refractivity contribution in [3.05, 3.63) is 29.8 Å². The highest BCUT2D eigenvalue weighted by Gasteiger charge is 2.42. The number of hydrogen-bond acceptors (Lipinski definition) is 3. The molecule has 21 heavy (non-hydrogen) atoms. The zero-order chi connectivity index (χ0) is 14.7. The van der Waals surface area contributed by atoms with E-state index in [-0.39, 0.29) is 17.5 Å². The summed E-state index contributed by atoms with van der Waals surface area (Å²) in [6, 6.07) is 3.17. The van der Waals surface area contributed by atoms with Crippen molar-refractivity contribution in [2.24, 2.45) is 5.92 Å². The molecule has 116 valence electrons. The summed E-state index contributed by atoms with van der Waals surface area (Å²) in [6.45, 7) is 3.69. The van der Waals surface area contributed by atoms with Crippen LogP contribution in [0.4, 0.5) is 4.39 Å². The van der Waals surface area contributed by atoms with Gasteiger partial charge in [0.2, 0.25) is 0 Å². The highest BCUT2D eigenvalue weighted by Crippen LogP contribution is 2.45. The number of nitrogens with one attached hydrogen (secondary N) is 1. The number of pyridine rings is 1. The summed E-state index contributed by atoms with van der Waals surface area (Å²) in [7, 11) is 0. The van der Waals surface area contributed by atoms with Crippen molar-refractivity contribution in [1.29, 1.82) is 0 Å². The summed E-state index contributed by atoms with van der Waals surface area (Å²) >= 11 is 0. The minimum absolute atomic E-state index is 0.00225. The van der Waals surface area contributed by atoms with Gasteiger partial charge < -0.3 is 10.1 Å². The van der Waals surface area contributed by atoms with Crippen LogP contribution in [0.1, 0.15) is 57.2 Å². The Kier molecular flexibility index (Phi) is 4.55. The van der Waals surface area contributed by atoms with Crippen LogP contribution in [0.2, 0.25) is 0 Å². The van der Waals surface area contributed by atoms with Crippen molar-refractivity contribution >= 4 is 0 Å². The van der Waals surface area contributed by atoms with Crippen LogP contribution >= 0.6 is 0 Å². The Balaban J connectivity index is 1.82. The van der Waals surface area contributed by atoms with Crippen molar-refractivity contribution < 1.29 is 9.13 Å². The van der Waals surface area contributed by atoms with E-state index in [9.17, 15) is 4.39 Å². The van der Waals surface area contributed by atoms with E-state index >= 15 is 0 Å². The van der Waals surface area contributed by atoms with Crippen molar-refractivity contribution in [2.75, 3.05) is 13.2 Å². The Labute approximate surface area is 126 Å². The predicted octanol–water partition coefficient (Wildman–Crippen LogP) is 3.61. The molecule has 2 aliphatic rings. The number of halogens is 1. The summed E-state index contributed by atoms with van der Waals surface area (Å²) in [4.78, 5) is 4.31. The van der Waals surface area contributed by atoms with Crippen molar-refractivity contribution in [1.82, 2.24) is 10.3 Å². The van der Waals surface area contributed by atoms with Gasteiger partial charge in [-0.15, -0.1) is 0 Å². The molecule has 1 aromatic rings. The third-order valence-electron chi connectivity index (χ3n) is 5.02. The highest BCUT2D eigenvalue weighted by molar-refractivity contribution is 5.14. The molecule has 2 fully saturated rings. The van der Waals surface area contributed by atoms with Gasteiger partial charge in [0, 0.05) is 12.8 Å². The van der Waals surface area contributed by atoms with E-state index in [1.165, 1.54) is 18.9 Å². The van der Waals surface area contributed by atoms with Crippen LogP contribution in [0.25, 0.3) is 0 Å². The van der Waals surface area contributed by atoms with Gasteiger partial charge in [-0.2, -0.15) is 0 Å². The van der Waals surface area contributed by atoms with Crippen LogP contribution in [-0.4, -0.2) is 23.7 Å². The lowest BCUT2D eigenvalue weighted by molar-refractivity contribution is -0.0985. The summed E-state index contributed by atoms with van der Waals surface area (Å²) in [5.41, 5.74) is 0.626. The normalized spacial score (nSPS) is 26.1. The molecular weight excluding hydrogens is 267 g/mol. The lowest BCUT2D eigenvalue weighted by atomic mass is 9.79. The molecule has 4 heteroatoms. The second kappa shape index (κ2) is 6.41. The summed E-state index contributed by atoms with van der Waals surface area (Å²) in [5, 5.41) is 3.46. The molecule has 0 bridgehead atoms. The topological polar surface area (TPSA) is 34.2 Å². The minimum atomic E-state index is -0.199. The average Bonchev–Trinajstić information content (AvgIpc) is 2.93. The lowest BCUT2D eigenvalue weighted by Crippen LogP contribution is -2.42. The molecule has 1 spiro atoms. The largest absolute Gasteiger partial charge is 0.375 e. The first kappa shape index (κ1) is 14.9. The Bertz CT molecular complexity index is 474. The van der Waals surface area contributed by atoms with Gasteiger partial charge in [0.1, 0.15) is 5.82 Å². The van der Waals surface area contributed by atoms with E-state index in [2.05, 4.69) is 17.2 Å². The fourth-order valence-electron chi connectivity index (χ4n) is 4.05. The lowest BCUT2D eigenvalue weighted by Gasteiger charge is -2.41. The highest BCUT2D eigenvalue weighted by atomic mass is 19.1. The standard InChI is InChI=1S/C17H25FN2O/c1-2-19-15(16-14(18)6-5-10-20-16)13-7-11-21-17(12-13)8-3-4-9-17/h5-6,10,13,15,19H,2-4,7-9,11-12H2,1H3. The fraction of sp³-hybridized carbons (Fsp3) is 0.706. The van der Waals surface area contributed by atoms with E-state index in [4.69, 9.17) is 4.74 Å². The Hall–Kier alpha value is -1.00.